The largest absolute Gasteiger partial charge is 0.497 e. The molecule has 172 valence electrons. The number of hydrogen-bond acceptors (Lipinski definition) is 6. The fourth-order valence-corrected chi connectivity index (χ4v) is 3.22. The molecule has 0 radical (unpaired) electrons. The highest BCUT2D eigenvalue weighted by atomic mass is 19.1. The van der Waals surface area contributed by atoms with E-state index >= 15 is 0 Å². The average Bonchev–Trinajstić information content (AvgIpc) is 2.87. The van der Waals surface area contributed by atoms with Crippen LogP contribution in [-0.4, -0.2) is 32.3 Å². The maximum Gasteiger partial charge on any atom is 0.352 e. The number of aromatic nitrogens is 4. The topological polar surface area (TPSA) is 108 Å². The van der Waals surface area contributed by atoms with Crippen molar-refractivity contribution >= 4 is 5.91 Å². The minimum absolute atomic E-state index is 0.0699. The molecule has 0 aliphatic carbocycles. The minimum atomic E-state index is -0.863. The second kappa shape index (κ2) is 9.90. The Morgan fingerprint density at radius 1 is 1.03 bits per heavy atom. The van der Waals surface area contributed by atoms with E-state index in [4.69, 9.17) is 4.74 Å². The smallest absolute Gasteiger partial charge is 0.352 e. The number of carbonyl (C=O) groups excluding carboxylic acids is 1. The van der Waals surface area contributed by atoms with E-state index in [-0.39, 0.29) is 13.1 Å². The zero-order chi connectivity index (χ0) is 24.1. The SMILES string of the molecule is COc1ccc(-n2nc(C(=O)NCc3ccccn3)c(=O)n(Cc3ccc(F)cc3)c2=O)cc1. The molecule has 2 heterocycles. The van der Waals surface area contributed by atoms with Gasteiger partial charge in [0.1, 0.15) is 11.6 Å². The number of methoxy groups -OCH3 is 1. The van der Waals surface area contributed by atoms with Crippen molar-refractivity contribution < 1.29 is 13.9 Å². The second-order valence-corrected chi connectivity index (χ2v) is 7.26. The van der Waals surface area contributed by atoms with Gasteiger partial charge in [0.05, 0.1) is 31.6 Å². The van der Waals surface area contributed by atoms with Crippen LogP contribution in [-0.2, 0) is 13.1 Å². The first kappa shape index (κ1) is 22.6. The highest BCUT2D eigenvalue weighted by Gasteiger charge is 2.20. The van der Waals surface area contributed by atoms with Crippen LogP contribution >= 0.6 is 0 Å². The van der Waals surface area contributed by atoms with Gasteiger partial charge in [-0.25, -0.2) is 9.18 Å². The van der Waals surface area contributed by atoms with Gasteiger partial charge in [-0.2, -0.15) is 9.78 Å². The molecule has 10 heteroatoms. The lowest BCUT2D eigenvalue weighted by Gasteiger charge is -2.13. The summed E-state index contributed by atoms with van der Waals surface area (Å²) in [7, 11) is 1.51. The van der Waals surface area contributed by atoms with Gasteiger partial charge in [0.25, 0.3) is 11.5 Å². The number of halogens is 1. The van der Waals surface area contributed by atoms with Crippen LogP contribution in [0.4, 0.5) is 4.39 Å². The van der Waals surface area contributed by atoms with Gasteiger partial charge in [-0.15, -0.1) is 0 Å². The second-order valence-electron chi connectivity index (χ2n) is 7.26. The van der Waals surface area contributed by atoms with Gasteiger partial charge in [0.15, 0.2) is 0 Å². The van der Waals surface area contributed by atoms with Crippen LogP contribution in [0.5, 0.6) is 5.75 Å². The van der Waals surface area contributed by atoms with E-state index in [1.54, 1.807) is 48.7 Å². The average molecular weight is 461 g/mol. The van der Waals surface area contributed by atoms with Crippen molar-refractivity contribution in [1.82, 2.24) is 24.6 Å². The van der Waals surface area contributed by atoms with Crippen molar-refractivity contribution in [3.8, 4) is 11.4 Å². The van der Waals surface area contributed by atoms with Crippen molar-refractivity contribution in [2.75, 3.05) is 7.11 Å². The van der Waals surface area contributed by atoms with Gasteiger partial charge >= 0.3 is 5.69 Å². The molecule has 0 spiro atoms. The predicted molar refractivity (Wildman–Crippen MR) is 122 cm³/mol. The molecule has 0 atom stereocenters. The Morgan fingerprint density at radius 2 is 1.76 bits per heavy atom. The molecule has 0 unspecified atom stereocenters. The van der Waals surface area contributed by atoms with Crippen LogP contribution in [0.15, 0.2) is 82.5 Å². The maximum atomic E-state index is 13.3. The summed E-state index contributed by atoms with van der Waals surface area (Å²) in [5, 5.41) is 6.67. The zero-order valence-electron chi connectivity index (χ0n) is 18.1. The van der Waals surface area contributed by atoms with Gasteiger partial charge in [0, 0.05) is 6.20 Å². The van der Waals surface area contributed by atoms with Crippen LogP contribution in [0, 0.1) is 5.82 Å². The Labute approximate surface area is 193 Å². The standard InChI is InChI=1S/C24H20FN5O4/c1-34-20-11-9-19(10-12-20)30-24(33)29(15-16-5-7-17(25)8-6-16)23(32)21(28-30)22(31)27-14-18-4-2-3-13-26-18/h2-13H,14-15H2,1H3,(H,27,31). The van der Waals surface area contributed by atoms with Crippen LogP contribution in [0.2, 0.25) is 0 Å². The number of pyridine rings is 1. The summed E-state index contributed by atoms with van der Waals surface area (Å²) in [5.41, 5.74) is -0.650. The molecule has 0 saturated carbocycles. The predicted octanol–water partition coefficient (Wildman–Crippen LogP) is 1.92. The quantitative estimate of drug-likeness (QED) is 0.451. The molecule has 0 aliphatic heterocycles. The highest BCUT2D eigenvalue weighted by molar-refractivity contribution is 5.91. The lowest BCUT2D eigenvalue weighted by molar-refractivity contribution is 0.0940. The molecule has 9 nitrogen and oxygen atoms in total. The van der Waals surface area contributed by atoms with Crippen LogP contribution in [0.3, 0.4) is 0 Å². The third-order valence-electron chi connectivity index (χ3n) is 5.00. The molecule has 34 heavy (non-hydrogen) atoms. The Bertz CT molecular complexity index is 1420. The van der Waals surface area contributed by atoms with Gasteiger partial charge < -0.3 is 10.1 Å². The molecular weight excluding hydrogens is 441 g/mol. The number of carbonyl (C=O) groups is 1. The number of nitrogens with zero attached hydrogens (tertiary/aromatic N) is 4. The van der Waals surface area contributed by atoms with E-state index in [0.29, 0.717) is 22.7 Å². The van der Waals surface area contributed by atoms with Crippen LogP contribution < -0.4 is 21.3 Å². The normalized spacial score (nSPS) is 10.6. The van der Waals surface area contributed by atoms with Gasteiger partial charge in [-0.3, -0.25) is 19.1 Å². The molecule has 2 aromatic heterocycles. The van der Waals surface area contributed by atoms with Crippen molar-refractivity contribution in [3.63, 3.8) is 0 Å². The summed E-state index contributed by atoms with van der Waals surface area (Å²) >= 11 is 0. The summed E-state index contributed by atoms with van der Waals surface area (Å²) in [6.45, 7) is -0.0996. The summed E-state index contributed by atoms with van der Waals surface area (Å²) in [6.07, 6.45) is 1.58. The summed E-state index contributed by atoms with van der Waals surface area (Å²) in [5.74, 6) is -0.647. The fraction of sp³-hybridized carbons (Fsp3) is 0.125. The van der Waals surface area contributed by atoms with Gasteiger partial charge in [-0.05, 0) is 54.1 Å². The molecule has 0 saturated heterocycles. The Morgan fingerprint density at radius 3 is 2.41 bits per heavy atom. The van der Waals surface area contributed by atoms with Crippen molar-refractivity contribution in [2.45, 2.75) is 13.1 Å². The summed E-state index contributed by atoms with van der Waals surface area (Å²) < 4.78 is 20.3. The molecular formula is C24H20FN5O4. The Hall–Kier alpha value is -4.60. The van der Waals surface area contributed by atoms with E-state index < -0.39 is 28.7 Å². The maximum absolute atomic E-state index is 13.3. The minimum Gasteiger partial charge on any atom is -0.497 e. The Kier molecular flexibility index (Phi) is 6.58. The van der Waals surface area contributed by atoms with Crippen molar-refractivity contribution in [1.29, 1.82) is 0 Å². The summed E-state index contributed by atoms with van der Waals surface area (Å²) in [6, 6.07) is 17.0. The summed E-state index contributed by atoms with van der Waals surface area (Å²) in [4.78, 5) is 43.3. The fourth-order valence-electron chi connectivity index (χ4n) is 3.22. The van der Waals surface area contributed by atoms with E-state index in [1.165, 1.54) is 31.4 Å². The van der Waals surface area contributed by atoms with Gasteiger partial charge in [-0.1, -0.05) is 18.2 Å². The molecule has 0 fully saturated rings. The molecule has 0 aliphatic rings. The molecule has 1 amide bonds. The number of nitrogens with one attached hydrogen (secondary N) is 1. The first-order valence-corrected chi connectivity index (χ1v) is 10.3. The molecule has 4 rings (SSSR count). The van der Waals surface area contributed by atoms with E-state index in [1.807, 2.05) is 0 Å². The third-order valence-corrected chi connectivity index (χ3v) is 5.00. The lowest BCUT2D eigenvalue weighted by atomic mass is 10.2. The van der Waals surface area contributed by atoms with Crippen molar-refractivity contribution in [3.05, 3.63) is 117 Å². The van der Waals surface area contributed by atoms with Crippen molar-refractivity contribution in [2.24, 2.45) is 0 Å². The Balaban J connectivity index is 1.77. The zero-order valence-corrected chi connectivity index (χ0v) is 18.1. The molecule has 1 N–H and O–H groups in total. The molecule has 0 bridgehead atoms. The lowest BCUT2D eigenvalue weighted by Crippen LogP contribution is -2.46. The first-order valence-electron chi connectivity index (χ1n) is 10.3. The number of benzene rings is 2. The van der Waals surface area contributed by atoms with Crippen LogP contribution in [0.25, 0.3) is 5.69 Å². The number of hydrogen-bond donors (Lipinski definition) is 1. The third kappa shape index (κ3) is 4.90. The molecule has 2 aromatic carbocycles. The highest BCUT2D eigenvalue weighted by Crippen LogP contribution is 2.13. The monoisotopic (exact) mass is 461 g/mol. The van der Waals surface area contributed by atoms with E-state index in [0.717, 1.165) is 9.25 Å². The molecule has 4 aromatic rings. The number of rotatable bonds is 7. The van der Waals surface area contributed by atoms with Crippen LogP contribution in [0.1, 0.15) is 21.7 Å². The number of amides is 1. The first-order chi connectivity index (χ1) is 16.5. The van der Waals surface area contributed by atoms with E-state index in [2.05, 4.69) is 15.4 Å². The number of ether oxygens (including phenoxy) is 1. The van der Waals surface area contributed by atoms with Gasteiger partial charge in [0.2, 0.25) is 5.69 Å². The van der Waals surface area contributed by atoms with E-state index in [9.17, 15) is 18.8 Å².